The third-order valence-electron chi connectivity index (χ3n) is 5.16. The zero-order valence-electron chi connectivity index (χ0n) is 19.1. The maximum absolute atomic E-state index is 12.8. The monoisotopic (exact) mass is 466 g/mol. The Balaban J connectivity index is 2.02. The first-order chi connectivity index (χ1) is 16.4. The second kappa shape index (κ2) is 11.0. The first kappa shape index (κ1) is 24.4. The highest BCUT2D eigenvalue weighted by Crippen LogP contribution is 2.38. The highest BCUT2D eigenvalue weighted by molar-refractivity contribution is 6.02. The number of aliphatic carboxylic acids is 1. The second-order valence-electron chi connectivity index (χ2n) is 7.29. The van der Waals surface area contributed by atoms with Crippen LogP contribution in [0.15, 0.2) is 65.5 Å². The summed E-state index contributed by atoms with van der Waals surface area (Å²) in [5, 5.41) is 15.3. The van der Waals surface area contributed by atoms with E-state index in [1.165, 1.54) is 7.11 Å². The van der Waals surface area contributed by atoms with E-state index in [2.05, 4.69) is 10.6 Å². The molecule has 0 spiro atoms. The third kappa shape index (κ3) is 5.55. The minimum absolute atomic E-state index is 0.00745. The molecule has 0 saturated heterocycles. The number of aryl methyl sites for hydroxylation is 1. The maximum Gasteiger partial charge on any atom is 0.352 e. The number of rotatable bonds is 8. The highest BCUT2D eigenvalue weighted by Gasteiger charge is 2.24. The van der Waals surface area contributed by atoms with Gasteiger partial charge in [-0.3, -0.25) is 4.79 Å². The Morgan fingerprint density at radius 2 is 1.74 bits per heavy atom. The van der Waals surface area contributed by atoms with Crippen LogP contribution < -0.4 is 20.1 Å². The molecule has 3 N–H and O–H groups in total. The van der Waals surface area contributed by atoms with Crippen molar-refractivity contribution in [1.29, 1.82) is 0 Å². The zero-order valence-corrected chi connectivity index (χ0v) is 19.1. The predicted octanol–water partition coefficient (Wildman–Crippen LogP) is 3.28. The van der Waals surface area contributed by atoms with E-state index in [1.807, 2.05) is 6.07 Å². The number of anilines is 1. The minimum atomic E-state index is -1.39. The lowest BCUT2D eigenvalue weighted by Gasteiger charge is -2.24. The number of carboxylic acid groups (broad SMARTS) is 1. The van der Waals surface area contributed by atoms with Gasteiger partial charge in [0.2, 0.25) is 0 Å². The summed E-state index contributed by atoms with van der Waals surface area (Å²) < 4.78 is 15.9. The van der Waals surface area contributed by atoms with Crippen LogP contribution in [-0.4, -0.2) is 43.8 Å². The maximum atomic E-state index is 12.8. The highest BCUT2D eigenvalue weighted by atomic mass is 16.5. The van der Waals surface area contributed by atoms with E-state index >= 15 is 0 Å². The molecule has 3 rings (SSSR count). The largest absolute Gasteiger partial charge is 0.493 e. The Morgan fingerprint density at radius 3 is 2.35 bits per heavy atom. The Labute approximate surface area is 197 Å². The van der Waals surface area contributed by atoms with Gasteiger partial charge in [0.25, 0.3) is 5.91 Å². The summed E-state index contributed by atoms with van der Waals surface area (Å²) in [6.07, 6.45) is 2.09. The average molecular weight is 466 g/mol. The molecule has 1 aliphatic rings. The predicted molar refractivity (Wildman–Crippen MR) is 125 cm³/mol. The lowest BCUT2D eigenvalue weighted by molar-refractivity contribution is -0.138. The van der Waals surface area contributed by atoms with E-state index in [0.29, 0.717) is 35.7 Å². The average Bonchev–Trinajstić information content (AvgIpc) is 2.85. The van der Waals surface area contributed by atoms with Gasteiger partial charge in [0.15, 0.2) is 11.5 Å². The van der Waals surface area contributed by atoms with Crippen LogP contribution >= 0.6 is 0 Å². The molecule has 0 aliphatic carbocycles. The smallest absolute Gasteiger partial charge is 0.352 e. The molecule has 0 radical (unpaired) electrons. The molecule has 2 aromatic carbocycles. The molecule has 34 heavy (non-hydrogen) atoms. The molecule has 0 saturated carbocycles. The minimum Gasteiger partial charge on any atom is -0.493 e. The van der Waals surface area contributed by atoms with Crippen molar-refractivity contribution in [2.45, 2.75) is 19.8 Å². The molecule has 0 aromatic heterocycles. The fraction of sp³-hybridized carbons (Fsp3) is 0.240. The van der Waals surface area contributed by atoms with Gasteiger partial charge in [-0.25, -0.2) is 9.59 Å². The fourth-order valence-corrected chi connectivity index (χ4v) is 3.49. The molecule has 9 heteroatoms. The van der Waals surface area contributed by atoms with Crippen LogP contribution in [0.25, 0.3) is 0 Å². The van der Waals surface area contributed by atoms with Crippen molar-refractivity contribution in [2.75, 3.05) is 26.1 Å². The lowest BCUT2D eigenvalue weighted by atomic mass is 9.97. The number of esters is 1. The van der Waals surface area contributed by atoms with Crippen LogP contribution in [-0.2, 0) is 20.7 Å². The van der Waals surface area contributed by atoms with Crippen molar-refractivity contribution >= 4 is 23.5 Å². The first-order valence-corrected chi connectivity index (χ1v) is 10.6. The normalized spacial score (nSPS) is 14.3. The SMILES string of the molecule is CCOC(=O)C(/C=C(/NC(=O)c1ccccc1)C(=O)O)=C1\CCc2cc(OC)c(OC)cc2N1. The standard InChI is InChI=1S/C25H26N2O7/c1-4-34-25(31)17(13-20(24(29)30)27-23(28)15-8-6-5-7-9-15)18-11-10-16-12-21(32-2)22(33-3)14-19(16)26-18/h5-9,12-14,26H,4,10-11H2,1-3H3,(H,27,28)(H,29,30)/b18-17+,20-13+. The molecule has 9 nitrogen and oxygen atoms in total. The van der Waals surface area contributed by atoms with E-state index in [1.54, 1.807) is 50.4 Å². The van der Waals surface area contributed by atoms with Crippen molar-refractivity contribution in [1.82, 2.24) is 5.32 Å². The number of ether oxygens (including phenoxy) is 3. The van der Waals surface area contributed by atoms with Crippen LogP contribution in [0.5, 0.6) is 11.5 Å². The number of hydrogen-bond donors (Lipinski definition) is 3. The number of carboxylic acids is 1. The van der Waals surface area contributed by atoms with Crippen molar-refractivity contribution in [3.8, 4) is 11.5 Å². The van der Waals surface area contributed by atoms with Gasteiger partial charge in [-0.05, 0) is 49.6 Å². The van der Waals surface area contributed by atoms with E-state index < -0.39 is 23.5 Å². The molecule has 2 aromatic rings. The van der Waals surface area contributed by atoms with Crippen molar-refractivity contribution in [3.63, 3.8) is 0 Å². The van der Waals surface area contributed by atoms with Gasteiger partial charge in [-0.15, -0.1) is 0 Å². The van der Waals surface area contributed by atoms with Gasteiger partial charge in [-0.2, -0.15) is 0 Å². The van der Waals surface area contributed by atoms with Crippen LogP contribution in [0, 0.1) is 0 Å². The summed E-state index contributed by atoms with van der Waals surface area (Å²) in [4.78, 5) is 37.2. The number of carbonyl (C=O) groups excluding carboxylic acids is 2. The number of fused-ring (bicyclic) bond motifs is 1. The number of methoxy groups -OCH3 is 2. The Bertz CT molecular complexity index is 1150. The number of carbonyl (C=O) groups is 3. The summed E-state index contributed by atoms with van der Waals surface area (Å²) in [5.74, 6) is -1.63. The van der Waals surface area contributed by atoms with Crippen molar-refractivity contribution in [2.24, 2.45) is 0 Å². The Hall–Kier alpha value is -4.27. The van der Waals surface area contributed by atoms with E-state index in [4.69, 9.17) is 14.2 Å². The summed E-state index contributed by atoms with van der Waals surface area (Å²) in [6, 6.07) is 11.8. The van der Waals surface area contributed by atoms with Gasteiger partial charge in [0.1, 0.15) is 5.70 Å². The van der Waals surface area contributed by atoms with Gasteiger partial charge in [0.05, 0.1) is 26.4 Å². The summed E-state index contributed by atoms with van der Waals surface area (Å²) in [5.41, 5.74) is 1.94. The van der Waals surface area contributed by atoms with Crippen LogP contribution in [0.4, 0.5) is 5.69 Å². The molecule has 0 bridgehead atoms. The van der Waals surface area contributed by atoms with Gasteiger partial charge in [-0.1, -0.05) is 18.2 Å². The number of amides is 1. The zero-order chi connectivity index (χ0) is 24.7. The molecule has 0 fully saturated rings. The third-order valence-corrected chi connectivity index (χ3v) is 5.16. The summed E-state index contributed by atoms with van der Waals surface area (Å²) >= 11 is 0. The number of hydrogen-bond acceptors (Lipinski definition) is 7. The molecule has 0 unspecified atom stereocenters. The molecule has 0 atom stereocenters. The topological polar surface area (TPSA) is 123 Å². The second-order valence-corrected chi connectivity index (χ2v) is 7.29. The molecular formula is C25H26N2O7. The lowest BCUT2D eigenvalue weighted by Crippen LogP contribution is -2.28. The Kier molecular flexibility index (Phi) is 7.92. The summed E-state index contributed by atoms with van der Waals surface area (Å²) in [6.45, 7) is 1.75. The van der Waals surface area contributed by atoms with Gasteiger partial charge < -0.3 is 30.0 Å². The number of benzene rings is 2. The Morgan fingerprint density at radius 1 is 1.06 bits per heavy atom. The van der Waals surface area contributed by atoms with E-state index in [0.717, 1.165) is 11.6 Å². The van der Waals surface area contributed by atoms with Crippen molar-refractivity contribution < 1.29 is 33.7 Å². The molecule has 1 aliphatic heterocycles. The molecular weight excluding hydrogens is 440 g/mol. The van der Waals surface area contributed by atoms with Crippen LogP contribution in [0.2, 0.25) is 0 Å². The van der Waals surface area contributed by atoms with Crippen LogP contribution in [0.3, 0.4) is 0 Å². The fourth-order valence-electron chi connectivity index (χ4n) is 3.49. The van der Waals surface area contributed by atoms with Crippen LogP contribution in [0.1, 0.15) is 29.3 Å². The van der Waals surface area contributed by atoms with Gasteiger partial charge in [0, 0.05) is 23.0 Å². The van der Waals surface area contributed by atoms with Gasteiger partial charge >= 0.3 is 11.9 Å². The van der Waals surface area contributed by atoms with E-state index in [-0.39, 0.29) is 17.7 Å². The molecule has 1 heterocycles. The van der Waals surface area contributed by atoms with E-state index in [9.17, 15) is 19.5 Å². The van der Waals surface area contributed by atoms with Crippen molar-refractivity contribution in [3.05, 3.63) is 76.6 Å². The number of allylic oxidation sites excluding steroid dienone is 1. The summed E-state index contributed by atoms with van der Waals surface area (Å²) in [7, 11) is 3.07. The molecule has 178 valence electrons. The quantitative estimate of drug-likeness (QED) is 0.400. The number of nitrogens with one attached hydrogen (secondary N) is 2. The molecule has 1 amide bonds. The first-order valence-electron chi connectivity index (χ1n) is 10.6.